The van der Waals surface area contributed by atoms with Crippen molar-refractivity contribution in [2.24, 2.45) is 4.99 Å². The molecule has 1 amide bonds. The smallest absolute Gasteiger partial charge is 0.222 e. The Labute approximate surface area is 193 Å². The molecule has 1 aromatic carbocycles. The van der Waals surface area contributed by atoms with E-state index in [1.807, 2.05) is 18.1 Å². The molecule has 0 spiro atoms. The lowest BCUT2D eigenvalue weighted by molar-refractivity contribution is -0.127. The van der Waals surface area contributed by atoms with Gasteiger partial charge in [0.2, 0.25) is 5.91 Å². The number of guanidine groups is 1. The lowest BCUT2D eigenvalue weighted by atomic mass is 9.98. The van der Waals surface area contributed by atoms with Gasteiger partial charge < -0.3 is 15.1 Å². The van der Waals surface area contributed by atoms with E-state index in [0.29, 0.717) is 24.8 Å². The van der Waals surface area contributed by atoms with Crippen molar-refractivity contribution in [3.05, 3.63) is 45.9 Å². The number of nitrogens with one attached hydrogen (secondary N) is 1. The number of carbonyl (C=O) groups is 1. The fourth-order valence-electron chi connectivity index (χ4n) is 4.13. The van der Waals surface area contributed by atoms with Gasteiger partial charge in [0.25, 0.3) is 0 Å². The van der Waals surface area contributed by atoms with Crippen LogP contribution in [0.3, 0.4) is 0 Å². The molecule has 8 heteroatoms. The number of aromatic nitrogens is 1. The number of aliphatic imine (C=N–C) groups is 1. The van der Waals surface area contributed by atoms with E-state index in [0.717, 1.165) is 43.4 Å². The summed E-state index contributed by atoms with van der Waals surface area (Å²) >= 11 is 1.71. The van der Waals surface area contributed by atoms with Gasteiger partial charge in [0.1, 0.15) is 5.01 Å². The molecule has 6 nitrogen and oxygen atoms in total. The van der Waals surface area contributed by atoms with Gasteiger partial charge in [0, 0.05) is 55.8 Å². The number of hydrogen-bond acceptors (Lipinski definition) is 4. The van der Waals surface area contributed by atoms with Crippen molar-refractivity contribution in [1.29, 1.82) is 0 Å². The Morgan fingerprint density at radius 2 is 2.21 bits per heavy atom. The minimum absolute atomic E-state index is 0. The Hall–Kier alpha value is -1.68. The van der Waals surface area contributed by atoms with Crippen molar-refractivity contribution in [3.8, 4) is 0 Å². The normalized spacial score (nSPS) is 18.8. The van der Waals surface area contributed by atoms with Gasteiger partial charge in [-0.25, -0.2) is 4.98 Å². The molecule has 0 bridgehead atoms. The van der Waals surface area contributed by atoms with Crippen LogP contribution in [-0.2, 0) is 11.3 Å². The highest BCUT2D eigenvalue weighted by molar-refractivity contribution is 14.0. The second kappa shape index (κ2) is 9.88. The molecular formula is C21H28IN5OS. The van der Waals surface area contributed by atoms with Gasteiger partial charge in [-0.1, -0.05) is 18.2 Å². The molecule has 1 fully saturated rings. The number of carbonyl (C=O) groups excluding carboxylic acids is 1. The molecular weight excluding hydrogens is 497 g/mol. The molecule has 0 saturated carbocycles. The standard InChI is InChI=1S/C21H27N5OS.HI/c1-15-12-23-19(28-15)13-24-21(22-2)26-14-16(17-6-3-4-7-18(17)26)9-11-25-10-5-8-20(25)27;/h3-4,6-7,12,16H,5,8-11,13-14H2,1-2H3,(H,22,24);1H. The summed E-state index contributed by atoms with van der Waals surface area (Å²) in [6, 6.07) is 8.56. The quantitative estimate of drug-likeness (QED) is 0.367. The number of anilines is 1. The van der Waals surface area contributed by atoms with E-state index in [1.165, 1.54) is 16.1 Å². The van der Waals surface area contributed by atoms with Gasteiger partial charge >= 0.3 is 0 Å². The van der Waals surface area contributed by atoms with Crippen LogP contribution in [0.2, 0.25) is 0 Å². The number of fused-ring (bicyclic) bond motifs is 1. The second-order valence-electron chi connectivity index (χ2n) is 7.40. The molecule has 2 aliphatic heterocycles. The zero-order valence-corrected chi connectivity index (χ0v) is 20.1. The zero-order chi connectivity index (χ0) is 19.5. The number of likely N-dealkylation sites (tertiary alicyclic amines) is 1. The van der Waals surface area contributed by atoms with Crippen LogP contribution in [0.25, 0.3) is 0 Å². The number of para-hydroxylation sites is 1. The number of hydrogen-bond donors (Lipinski definition) is 1. The first-order chi connectivity index (χ1) is 13.7. The first-order valence-corrected chi connectivity index (χ1v) is 10.7. The molecule has 0 aliphatic carbocycles. The Bertz CT molecular complexity index is 883. The lowest BCUT2D eigenvalue weighted by Gasteiger charge is -2.23. The average Bonchev–Trinajstić information content (AvgIpc) is 3.40. The van der Waals surface area contributed by atoms with Crippen LogP contribution in [0.15, 0.2) is 35.5 Å². The number of aryl methyl sites for hydroxylation is 1. The van der Waals surface area contributed by atoms with Crippen molar-refractivity contribution in [2.45, 2.75) is 38.6 Å². The van der Waals surface area contributed by atoms with Gasteiger partial charge in [-0.05, 0) is 31.4 Å². The van der Waals surface area contributed by atoms with Crippen LogP contribution in [0.4, 0.5) is 5.69 Å². The minimum atomic E-state index is 0. The maximum atomic E-state index is 11.9. The third-order valence-corrected chi connectivity index (χ3v) is 6.44. The SMILES string of the molecule is CN=C(NCc1ncc(C)s1)N1CC(CCN2CCCC2=O)c2ccccc21.I. The maximum absolute atomic E-state index is 11.9. The number of nitrogens with zero attached hydrogens (tertiary/aromatic N) is 4. The summed E-state index contributed by atoms with van der Waals surface area (Å²) in [5, 5.41) is 4.53. The van der Waals surface area contributed by atoms with Crippen LogP contribution < -0.4 is 10.2 Å². The first-order valence-electron chi connectivity index (χ1n) is 9.92. The molecule has 156 valence electrons. The summed E-state index contributed by atoms with van der Waals surface area (Å²) in [6.45, 7) is 5.39. The number of halogens is 1. The fraction of sp³-hybridized carbons (Fsp3) is 0.476. The fourth-order valence-corrected chi connectivity index (χ4v) is 4.85. The highest BCUT2D eigenvalue weighted by Crippen LogP contribution is 2.38. The highest BCUT2D eigenvalue weighted by atomic mass is 127. The molecule has 3 heterocycles. The van der Waals surface area contributed by atoms with E-state index < -0.39 is 0 Å². The molecule has 1 N–H and O–H groups in total. The molecule has 1 unspecified atom stereocenters. The molecule has 1 atom stereocenters. The van der Waals surface area contributed by atoms with Crippen LogP contribution in [0.5, 0.6) is 0 Å². The number of thiazole rings is 1. The molecule has 0 radical (unpaired) electrons. The van der Waals surface area contributed by atoms with Gasteiger partial charge in [0.05, 0.1) is 6.54 Å². The summed E-state index contributed by atoms with van der Waals surface area (Å²) < 4.78 is 0. The summed E-state index contributed by atoms with van der Waals surface area (Å²) in [5.74, 6) is 1.59. The zero-order valence-electron chi connectivity index (χ0n) is 16.9. The largest absolute Gasteiger partial charge is 0.349 e. The number of rotatable bonds is 5. The molecule has 2 aromatic rings. The van der Waals surface area contributed by atoms with Crippen molar-refractivity contribution >= 4 is 52.9 Å². The van der Waals surface area contributed by atoms with Gasteiger partial charge in [-0.15, -0.1) is 35.3 Å². The van der Waals surface area contributed by atoms with Gasteiger partial charge in [-0.2, -0.15) is 0 Å². The molecule has 29 heavy (non-hydrogen) atoms. The topological polar surface area (TPSA) is 60.8 Å². The van der Waals surface area contributed by atoms with E-state index >= 15 is 0 Å². The Balaban J connectivity index is 0.00000240. The second-order valence-corrected chi connectivity index (χ2v) is 8.72. The number of benzene rings is 1. The predicted octanol–water partition coefficient (Wildman–Crippen LogP) is 3.76. The first kappa shape index (κ1) is 22.0. The van der Waals surface area contributed by atoms with Crippen molar-refractivity contribution < 1.29 is 4.79 Å². The van der Waals surface area contributed by atoms with Crippen molar-refractivity contribution in [3.63, 3.8) is 0 Å². The summed E-state index contributed by atoms with van der Waals surface area (Å²) in [5.41, 5.74) is 2.56. The lowest BCUT2D eigenvalue weighted by Crippen LogP contribution is -2.40. The van der Waals surface area contributed by atoms with Crippen LogP contribution in [0.1, 0.15) is 40.6 Å². The van der Waals surface area contributed by atoms with Gasteiger partial charge in [0.15, 0.2) is 5.96 Å². The van der Waals surface area contributed by atoms with Crippen LogP contribution >= 0.6 is 35.3 Å². The van der Waals surface area contributed by atoms with E-state index in [9.17, 15) is 4.79 Å². The van der Waals surface area contributed by atoms with Crippen molar-refractivity contribution in [2.75, 3.05) is 31.6 Å². The van der Waals surface area contributed by atoms with E-state index in [2.05, 4.69) is 51.4 Å². The average molecular weight is 525 g/mol. The number of amides is 1. The van der Waals surface area contributed by atoms with E-state index in [-0.39, 0.29) is 24.0 Å². The molecule has 1 saturated heterocycles. The Morgan fingerprint density at radius 1 is 1.38 bits per heavy atom. The summed E-state index contributed by atoms with van der Waals surface area (Å²) in [4.78, 5) is 26.4. The van der Waals surface area contributed by atoms with Crippen molar-refractivity contribution in [1.82, 2.24) is 15.2 Å². The molecule has 2 aliphatic rings. The Kier molecular flexibility index (Phi) is 7.50. The maximum Gasteiger partial charge on any atom is 0.222 e. The third-order valence-electron chi connectivity index (χ3n) is 5.52. The van der Waals surface area contributed by atoms with Crippen LogP contribution in [-0.4, -0.2) is 48.4 Å². The van der Waals surface area contributed by atoms with Crippen LogP contribution in [0, 0.1) is 6.92 Å². The Morgan fingerprint density at radius 3 is 2.90 bits per heavy atom. The van der Waals surface area contributed by atoms with E-state index in [1.54, 1.807) is 11.3 Å². The van der Waals surface area contributed by atoms with Gasteiger partial charge in [-0.3, -0.25) is 9.79 Å². The summed E-state index contributed by atoms with van der Waals surface area (Å²) in [7, 11) is 1.83. The van der Waals surface area contributed by atoms with E-state index in [4.69, 9.17) is 0 Å². The highest BCUT2D eigenvalue weighted by Gasteiger charge is 2.32. The minimum Gasteiger partial charge on any atom is -0.349 e. The predicted molar refractivity (Wildman–Crippen MR) is 129 cm³/mol. The molecule has 4 rings (SSSR count). The summed E-state index contributed by atoms with van der Waals surface area (Å²) in [6.07, 6.45) is 4.60. The molecule has 1 aromatic heterocycles. The monoisotopic (exact) mass is 525 g/mol. The third kappa shape index (κ3) is 4.91.